The Hall–Kier alpha value is -2.47. The summed E-state index contributed by atoms with van der Waals surface area (Å²) in [4.78, 5) is 28.3. The van der Waals surface area contributed by atoms with Gasteiger partial charge < -0.3 is 4.74 Å². The highest BCUT2D eigenvalue weighted by molar-refractivity contribution is 6.31. The van der Waals surface area contributed by atoms with E-state index in [0.29, 0.717) is 15.9 Å². The lowest BCUT2D eigenvalue weighted by molar-refractivity contribution is 0.0523. The number of aromatic nitrogens is 2. The topological polar surface area (TPSA) is 61.2 Å². The summed E-state index contributed by atoms with van der Waals surface area (Å²) in [6.07, 6.45) is 0.784. The summed E-state index contributed by atoms with van der Waals surface area (Å²) in [6, 6.07) is 6.36. The molecule has 0 radical (unpaired) electrons. The van der Waals surface area contributed by atoms with Crippen molar-refractivity contribution in [2.45, 2.75) is 6.92 Å². The van der Waals surface area contributed by atoms with E-state index >= 15 is 0 Å². The number of hydrogen-bond donors (Lipinski definition) is 0. The molecule has 0 spiro atoms. The molecule has 0 saturated heterocycles. The first-order valence-corrected chi connectivity index (χ1v) is 6.88. The van der Waals surface area contributed by atoms with E-state index < -0.39 is 11.4 Å². The summed E-state index contributed by atoms with van der Waals surface area (Å²) in [5.41, 5.74) is -0.707. The van der Waals surface area contributed by atoms with Crippen LogP contribution in [0.3, 0.4) is 0 Å². The lowest BCUT2D eigenvalue weighted by Crippen LogP contribution is -2.20. The Balaban J connectivity index is 2.36. The molecule has 22 heavy (non-hydrogen) atoms. The fraction of sp³-hybridized carbons (Fsp3) is 0.133. The molecule has 2 aromatic heterocycles. The maximum atomic E-state index is 14.1. The minimum Gasteiger partial charge on any atom is -0.462 e. The number of fused-ring (bicyclic) bond motifs is 2. The van der Waals surface area contributed by atoms with E-state index in [2.05, 4.69) is 4.98 Å². The van der Waals surface area contributed by atoms with Gasteiger partial charge in [-0.2, -0.15) is 4.79 Å². The molecule has 2 heterocycles. The normalized spacial score (nSPS) is 11.0. The molecule has 0 unspecified atom stereocenters. The summed E-state index contributed by atoms with van der Waals surface area (Å²) in [6.45, 7) is 1.70. The highest BCUT2D eigenvalue weighted by Crippen LogP contribution is 2.21. The van der Waals surface area contributed by atoms with Crippen LogP contribution < -0.4 is 5.43 Å². The molecule has 3 aromatic rings. The van der Waals surface area contributed by atoms with E-state index in [9.17, 15) is 14.1 Å². The van der Waals surface area contributed by atoms with Crippen LogP contribution in [0.5, 0.6) is 0 Å². The number of carbonyl (C=O) groups is 1. The fourth-order valence-corrected chi connectivity index (χ4v) is 2.36. The highest BCUT2D eigenvalue weighted by atomic mass is 35.5. The Labute approximate surface area is 128 Å². The largest absolute Gasteiger partial charge is 0.462 e. The van der Waals surface area contributed by atoms with Crippen LogP contribution in [0.25, 0.3) is 21.9 Å². The number of nitrogens with zero attached hydrogens (tertiary/aromatic N) is 2. The molecule has 0 N–H and O–H groups in total. The number of rotatable bonds is 2. The van der Waals surface area contributed by atoms with Crippen LogP contribution in [0.15, 0.2) is 35.3 Å². The van der Waals surface area contributed by atoms with E-state index in [1.165, 1.54) is 6.07 Å². The summed E-state index contributed by atoms with van der Waals surface area (Å²) >= 11 is 5.88. The van der Waals surface area contributed by atoms with Gasteiger partial charge in [-0.25, -0.2) is 9.78 Å². The molecule has 0 bridgehead atoms. The Morgan fingerprint density at radius 1 is 1.41 bits per heavy atom. The van der Waals surface area contributed by atoms with Crippen molar-refractivity contribution in [3.8, 4) is 0 Å². The fourth-order valence-electron chi connectivity index (χ4n) is 2.19. The van der Waals surface area contributed by atoms with Gasteiger partial charge in [-0.15, -0.1) is 0 Å². The Morgan fingerprint density at radius 3 is 2.91 bits per heavy atom. The van der Waals surface area contributed by atoms with Gasteiger partial charge in [0.1, 0.15) is 5.56 Å². The average molecular weight is 321 g/mol. The van der Waals surface area contributed by atoms with Crippen LogP contribution >= 0.6 is 11.6 Å². The minimum absolute atomic E-state index is 0.00266. The number of esters is 1. The Kier molecular flexibility index (Phi) is 3.54. The van der Waals surface area contributed by atoms with E-state index in [1.807, 2.05) is 0 Å². The minimum atomic E-state index is -0.864. The van der Waals surface area contributed by atoms with Crippen LogP contribution in [0.4, 0.5) is 4.48 Å². The maximum absolute atomic E-state index is 14.1. The van der Waals surface area contributed by atoms with E-state index in [-0.39, 0.29) is 28.0 Å². The third kappa shape index (κ3) is 2.31. The number of pyridine rings is 2. The monoisotopic (exact) mass is 320 g/mol. The molecule has 1 aromatic carbocycles. The number of carbonyl (C=O) groups excluding carboxylic acids is 1. The third-order valence-electron chi connectivity index (χ3n) is 3.19. The molecule has 0 amide bonds. The van der Waals surface area contributed by atoms with E-state index in [0.717, 1.165) is 6.20 Å². The summed E-state index contributed by atoms with van der Waals surface area (Å²) in [7, 11) is 0. The van der Waals surface area contributed by atoms with Crippen LogP contribution in [0.1, 0.15) is 17.3 Å². The van der Waals surface area contributed by atoms with Crippen molar-refractivity contribution in [1.29, 1.82) is 0 Å². The molecule has 0 aliphatic carbocycles. The first kappa shape index (κ1) is 14.5. The van der Waals surface area contributed by atoms with E-state index in [1.54, 1.807) is 25.1 Å². The molecule has 0 saturated carbocycles. The van der Waals surface area contributed by atoms with Gasteiger partial charge in [0.2, 0.25) is 5.43 Å². The number of halogens is 2. The standard InChI is InChI=1S/C15H10ClFN2O3/c1-2-22-15(21)11-7-19(17)14-10(13(11)20)5-8-3-4-9(16)6-12(8)18-14/h3-7H,2H2,1H3. The van der Waals surface area contributed by atoms with Crippen molar-refractivity contribution in [2.24, 2.45) is 0 Å². The van der Waals surface area contributed by atoms with E-state index in [4.69, 9.17) is 16.3 Å². The summed E-state index contributed by atoms with van der Waals surface area (Å²) in [5, 5.41) is 1.08. The first-order valence-electron chi connectivity index (χ1n) is 6.50. The van der Waals surface area contributed by atoms with Crippen LogP contribution in [0.2, 0.25) is 5.02 Å². The average Bonchev–Trinajstić information content (AvgIpc) is 2.49. The molecule has 0 aliphatic heterocycles. The van der Waals surface area contributed by atoms with Crippen molar-refractivity contribution < 1.29 is 14.0 Å². The van der Waals surface area contributed by atoms with Gasteiger partial charge in [0, 0.05) is 10.4 Å². The molecule has 0 atom stereocenters. The molecule has 5 nitrogen and oxygen atoms in total. The molecule has 0 fully saturated rings. The second-order valence-electron chi connectivity index (χ2n) is 4.60. The molecule has 0 aliphatic rings. The summed E-state index contributed by atoms with van der Waals surface area (Å²) < 4.78 is 18.9. The van der Waals surface area contributed by atoms with Crippen molar-refractivity contribution in [1.82, 2.24) is 9.77 Å². The van der Waals surface area contributed by atoms with Crippen molar-refractivity contribution in [2.75, 3.05) is 6.61 Å². The van der Waals surface area contributed by atoms with Gasteiger partial charge in [0.15, 0.2) is 5.65 Å². The van der Waals surface area contributed by atoms with Gasteiger partial charge in [0.25, 0.3) is 0 Å². The van der Waals surface area contributed by atoms with Crippen molar-refractivity contribution >= 4 is 39.5 Å². The van der Waals surface area contributed by atoms with Crippen molar-refractivity contribution in [3.05, 3.63) is 51.3 Å². The maximum Gasteiger partial charge on any atom is 0.343 e. The molecular weight excluding hydrogens is 311 g/mol. The number of benzene rings is 1. The van der Waals surface area contributed by atoms with Gasteiger partial charge in [-0.3, -0.25) is 4.79 Å². The van der Waals surface area contributed by atoms with Gasteiger partial charge in [-0.1, -0.05) is 22.1 Å². The van der Waals surface area contributed by atoms with Gasteiger partial charge >= 0.3 is 5.97 Å². The predicted molar refractivity (Wildman–Crippen MR) is 81.0 cm³/mol. The lowest BCUT2D eigenvalue weighted by atomic mass is 10.1. The van der Waals surface area contributed by atoms with Crippen LogP contribution in [-0.4, -0.2) is 22.3 Å². The van der Waals surface area contributed by atoms with Crippen LogP contribution in [0, 0.1) is 0 Å². The van der Waals surface area contributed by atoms with Crippen molar-refractivity contribution in [3.63, 3.8) is 0 Å². The third-order valence-corrected chi connectivity index (χ3v) is 3.42. The predicted octanol–water partition coefficient (Wildman–Crippen LogP) is 3.11. The molecule has 3 rings (SSSR count). The second-order valence-corrected chi connectivity index (χ2v) is 5.04. The zero-order valence-corrected chi connectivity index (χ0v) is 12.2. The Morgan fingerprint density at radius 2 is 2.18 bits per heavy atom. The molecule has 7 heteroatoms. The zero-order valence-electron chi connectivity index (χ0n) is 11.5. The first-order chi connectivity index (χ1) is 10.5. The second kappa shape index (κ2) is 5.38. The zero-order chi connectivity index (χ0) is 15.9. The SMILES string of the molecule is CCOC(=O)c1cn(F)c2nc3cc(Cl)ccc3cc2c1=O. The summed E-state index contributed by atoms with van der Waals surface area (Å²) in [5.74, 6) is -0.864. The molecular formula is C15H10ClFN2O3. The highest BCUT2D eigenvalue weighted by Gasteiger charge is 2.18. The number of hydrogen-bond acceptors (Lipinski definition) is 4. The van der Waals surface area contributed by atoms with Crippen LogP contribution in [-0.2, 0) is 4.74 Å². The molecule has 112 valence electrons. The number of ether oxygens (including phenoxy) is 1. The quantitative estimate of drug-likeness (QED) is 0.537. The van der Waals surface area contributed by atoms with Gasteiger partial charge in [-0.05, 0) is 25.1 Å². The Bertz CT molecular complexity index is 968. The smallest absolute Gasteiger partial charge is 0.343 e. The lowest BCUT2D eigenvalue weighted by Gasteiger charge is -2.07. The van der Waals surface area contributed by atoms with Gasteiger partial charge in [0.05, 0.1) is 23.7 Å².